The van der Waals surface area contributed by atoms with Gasteiger partial charge in [0, 0.05) is 34.6 Å². The van der Waals surface area contributed by atoms with Crippen molar-refractivity contribution in [2.75, 3.05) is 0 Å². The fraction of sp³-hybridized carbons (Fsp3) is 0.261. The van der Waals surface area contributed by atoms with Gasteiger partial charge in [-0.3, -0.25) is 14.4 Å². The van der Waals surface area contributed by atoms with Crippen LogP contribution < -0.4 is 0 Å². The second-order valence-electron chi connectivity index (χ2n) is 6.97. The van der Waals surface area contributed by atoms with Crippen LogP contribution >= 0.6 is 0 Å². The van der Waals surface area contributed by atoms with Gasteiger partial charge in [-0.05, 0) is 44.0 Å². The molecular formula is C23H23NO4. The molecule has 0 aliphatic carbocycles. The molecule has 0 aliphatic rings. The number of hydrogen-bond donors (Lipinski definition) is 1. The minimum absolute atomic E-state index is 0.0509. The van der Waals surface area contributed by atoms with Gasteiger partial charge in [-0.2, -0.15) is 0 Å². The Morgan fingerprint density at radius 3 is 2.50 bits per heavy atom. The van der Waals surface area contributed by atoms with Crippen LogP contribution in [0.3, 0.4) is 0 Å². The summed E-state index contributed by atoms with van der Waals surface area (Å²) in [5.74, 6) is -0.945. The minimum atomic E-state index is -0.913. The van der Waals surface area contributed by atoms with Crippen molar-refractivity contribution in [1.82, 2.24) is 4.98 Å². The molecule has 0 spiro atoms. The van der Waals surface area contributed by atoms with Gasteiger partial charge >= 0.3 is 5.97 Å². The van der Waals surface area contributed by atoms with E-state index in [1.165, 1.54) is 0 Å². The molecular weight excluding hydrogens is 354 g/mol. The van der Waals surface area contributed by atoms with Crippen LogP contribution in [0.5, 0.6) is 0 Å². The zero-order chi connectivity index (χ0) is 20.3. The van der Waals surface area contributed by atoms with E-state index >= 15 is 0 Å². The van der Waals surface area contributed by atoms with Gasteiger partial charge in [0.2, 0.25) is 5.78 Å². The van der Waals surface area contributed by atoms with Crippen molar-refractivity contribution in [3.8, 4) is 0 Å². The first kappa shape index (κ1) is 19.5. The number of carbonyl (C=O) groups is 3. The summed E-state index contributed by atoms with van der Waals surface area (Å²) in [6.07, 6.45) is 0.705. The summed E-state index contributed by atoms with van der Waals surface area (Å²) >= 11 is 0. The van der Waals surface area contributed by atoms with Crippen LogP contribution in [-0.4, -0.2) is 28.6 Å². The third kappa shape index (κ3) is 4.19. The maximum atomic E-state index is 12.6. The van der Waals surface area contributed by atoms with Crippen molar-refractivity contribution in [2.45, 2.75) is 39.7 Å². The van der Waals surface area contributed by atoms with Gasteiger partial charge in [-0.25, -0.2) is 0 Å². The standard InChI is InChI=1S/C23H23NO4/c1-14-8-9-17(12-15(14)2)21(25)10-11-22(26)28-16(3)23(27)19-13-24-20-7-5-4-6-18(19)20/h4-9,12-13,16,24H,10-11H2,1-3H3/t16-/m1/s1. The molecule has 0 radical (unpaired) electrons. The van der Waals surface area contributed by atoms with Crippen LogP contribution in [0.15, 0.2) is 48.7 Å². The third-order valence-electron chi connectivity index (χ3n) is 4.92. The molecule has 144 valence electrons. The maximum Gasteiger partial charge on any atom is 0.306 e. The number of ketones is 2. The monoisotopic (exact) mass is 377 g/mol. The fourth-order valence-electron chi connectivity index (χ4n) is 3.08. The lowest BCUT2D eigenvalue weighted by Gasteiger charge is -2.12. The number of H-pyrrole nitrogens is 1. The molecule has 5 nitrogen and oxygen atoms in total. The smallest absolute Gasteiger partial charge is 0.306 e. The molecule has 1 atom stereocenters. The van der Waals surface area contributed by atoms with Gasteiger partial charge in [0.15, 0.2) is 11.9 Å². The number of hydrogen-bond acceptors (Lipinski definition) is 4. The van der Waals surface area contributed by atoms with Crippen LogP contribution in [0.1, 0.15) is 51.6 Å². The number of nitrogens with one attached hydrogen (secondary N) is 1. The van der Waals surface area contributed by atoms with Crippen LogP contribution in [-0.2, 0) is 9.53 Å². The first-order chi connectivity index (χ1) is 13.4. The highest BCUT2D eigenvalue weighted by molar-refractivity contribution is 6.10. The third-order valence-corrected chi connectivity index (χ3v) is 4.92. The SMILES string of the molecule is Cc1ccc(C(=O)CCC(=O)O[C@H](C)C(=O)c2c[nH]c3ccccc23)cc1C. The molecule has 0 unspecified atom stereocenters. The lowest BCUT2D eigenvalue weighted by Crippen LogP contribution is -2.24. The Kier molecular flexibility index (Phi) is 5.73. The quantitative estimate of drug-likeness (QED) is 0.484. The van der Waals surface area contributed by atoms with E-state index in [4.69, 9.17) is 4.74 Å². The van der Waals surface area contributed by atoms with Crippen molar-refractivity contribution in [2.24, 2.45) is 0 Å². The summed E-state index contributed by atoms with van der Waals surface area (Å²) in [5.41, 5.74) is 4.07. The summed E-state index contributed by atoms with van der Waals surface area (Å²) < 4.78 is 5.26. The number of aryl methyl sites for hydroxylation is 2. The van der Waals surface area contributed by atoms with Gasteiger partial charge < -0.3 is 9.72 Å². The fourth-order valence-corrected chi connectivity index (χ4v) is 3.08. The molecule has 0 amide bonds. The van der Waals surface area contributed by atoms with E-state index < -0.39 is 12.1 Å². The lowest BCUT2D eigenvalue weighted by atomic mass is 10.0. The lowest BCUT2D eigenvalue weighted by molar-refractivity contribution is -0.146. The van der Waals surface area contributed by atoms with Crippen LogP contribution in [0.25, 0.3) is 10.9 Å². The maximum absolute atomic E-state index is 12.6. The molecule has 0 bridgehead atoms. The Morgan fingerprint density at radius 1 is 1.00 bits per heavy atom. The molecule has 2 aromatic carbocycles. The van der Waals surface area contributed by atoms with Crippen LogP contribution in [0.4, 0.5) is 0 Å². The second kappa shape index (κ2) is 8.21. The molecule has 0 fully saturated rings. The Labute approximate surface area is 163 Å². The van der Waals surface area contributed by atoms with Crippen molar-refractivity contribution in [1.29, 1.82) is 0 Å². The van der Waals surface area contributed by atoms with E-state index in [1.54, 1.807) is 19.2 Å². The zero-order valence-electron chi connectivity index (χ0n) is 16.2. The normalized spacial score (nSPS) is 12.0. The van der Waals surface area contributed by atoms with Gasteiger partial charge in [-0.1, -0.05) is 30.3 Å². The molecule has 1 aromatic heterocycles. The Bertz CT molecular complexity index is 1050. The number of Topliss-reactive ketones (excluding diaryl/α,β-unsaturated/α-hetero) is 2. The number of carbonyl (C=O) groups excluding carboxylic acids is 3. The largest absolute Gasteiger partial charge is 0.454 e. The first-order valence-electron chi connectivity index (χ1n) is 9.27. The van der Waals surface area contributed by atoms with Gasteiger partial charge in [-0.15, -0.1) is 0 Å². The van der Waals surface area contributed by atoms with Gasteiger partial charge in [0.25, 0.3) is 0 Å². The molecule has 0 saturated heterocycles. The van der Waals surface area contributed by atoms with Crippen molar-refractivity contribution >= 4 is 28.4 Å². The van der Waals surface area contributed by atoms with E-state index in [2.05, 4.69) is 4.98 Å². The number of fused-ring (bicyclic) bond motifs is 1. The number of para-hydroxylation sites is 1. The summed E-state index contributed by atoms with van der Waals surface area (Å²) in [5, 5.41) is 0.792. The van der Waals surface area contributed by atoms with E-state index in [-0.39, 0.29) is 24.4 Å². The van der Waals surface area contributed by atoms with E-state index in [1.807, 2.05) is 50.2 Å². The van der Waals surface area contributed by atoms with Gasteiger partial charge in [0.1, 0.15) is 0 Å². The summed E-state index contributed by atoms with van der Waals surface area (Å²) in [6.45, 7) is 5.47. The number of rotatable bonds is 7. The number of benzene rings is 2. The average molecular weight is 377 g/mol. The topological polar surface area (TPSA) is 76.2 Å². The van der Waals surface area contributed by atoms with E-state index in [0.717, 1.165) is 22.0 Å². The Balaban J connectivity index is 1.57. The van der Waals surface area contributed by atoms with Crippen LogP contribution in [0.2, 0.25) is 0 Å². The second-order valence-corrected chi connectivity index (χ2v) is 6.97. The summed E-state index contributed by atoms with van der Waals surface area (Å²) in [4.78, 5) is 40.1. The van der Waals surface area contributed by atoms with Crippen molar-refractivity contribution in [3.63, 3.8) is 0 Å². The zero-order valence-corrected chi connectivity index (χ0v) is 16.2. The van der Waals surface area contributed by atoms with Crippen molar-refractivity contribution < 1.29 is 19.1 Å². The molecule has 1 N–H and O–H groups in total. The Hall–Kier alpha value is -3.21. The number of aromatic amines is 1. The predicted octanol–water partition coefficient (Wildman–Crippen LogP) is 4.56. The number of esters is 1. The molecule has 28 heavy (non-hydrogen) atoms. The Morgan fingerprint density at radius 2 is 1.75 bits per heavy atom. The minimum Gasteiger partial charge on any atom is -0.454 e. The summed E-state index contributed by atoms with van der Waals surface area (Å²) in [6, 6.07) is 12.9. The average Bonchev–Trinajstić information content (AvgIpc) is 3.11. The molecule has 5 heteroatoms. The first-order valence-corrected chi connectivity index (χ1v) is 9.27. The van der Waals surface area contributed by atoms with Gasteiger partial charge in [0.05, 0.1) is 6.42 Å². The predicted molar refractivity (Wildman–Crippen MR) is 108 cm³/mol. The highest BCUT2D eigenvalue weighted by Gasteiger charge is 2.22. The molecule has 3 rings (SSSR count). The van der Waals surface area contributed by atoms with E-state index in [9.17, 15) is 14.4 Å². The number of ether oxygens (including phenoxy) is 1. The summed E-state index contributed by atoms with van der Waals surface area (Å²) in [7, 11) is 0. The molecule has 0 aliphatic heterocycles. The molecule has 0 saturated carbocycles. The molecule has 1 heterocycles. The molecule has 3 aromatic rings. The van der Waals surface area contributed by atoms with E-state index in [0.29, 0.717) is 11.1 Å². The highest BCUT2D eigenvalue weighted by atomic mass is 16.5. The number of aromatic nitrogens is 1. The highest BCUT2D eigenvalue weighted by Crippen LogP contribution is 2.20. The van der Waals surface area contributed by atoms with Crippen LogP contribution in [0, 0.1) is 13.8 Å². The van der Waals surface area contributed by atoms with Crippen molar-refractivity contribution in [3.05, 3.63) is 70.9 Å².